The Morgan fingerprint density at radius 3 is 2.46 bits per heavy atom. The number of H-pyrrole nitrogens is 1. The van der Waals surface area contributed by atoms with Crippen molar-refractivity contribution in [3.8, 4) is 0 Å². The van der Waals surface area contributed by atoms with Crippen LogP contribution in [-0.2, 0) is 9.84 Å². The van der Waals surface area contributed by atoms with Gasteiger partial charge >= 0.3 is 0 Å². The average Bonchev–Trinajstić information content (AvgIpc) is 2.51. The summed E-state index contributed by atoms with van der Waals surface area (Å²) in [6, 6.07) is 6.19. The molecule has 7 nitrogen and oxygen atoms in total. The van der Waals surface area contributed by atoms with Crippen LogP contribution < -0.4 is 10.9 Å². The summed E-state index contributed by atoms with van der Waals surface area (Å²) in [5, 5.41) is 3.32. The molecule has 10 heteroatoms. The Morgan fingerprint density at radius 2 is 1.83 bits per heavy atom. The first-order valence-electron chi connectivity index (χ1n) is 6.45. The van der Waals surface area contributed by atoms with Gasteiger partial charge in [-0.1, -0.05) is 0 Å². The summed E-state index contributed by atoms with van der Waals surface area (Å²) in [6.45, 7) is 0. The largest absolute Gasteiger partial charge is 0.339 e. The monoisotopic (exact) mass is 430 g/mol. The van der Waals surface area contributed by atoms with Crippen molar-refractivity contribution in [3.05, 3.63) is 51.6 Å². The summed E-state index contributed by atoms with van der Waals surface area (Å²) in [6.07, 6.45) is 4.01. The second-order valence-electron chi connectivity index (χ2n) is 4.83. The highest BCUT2D eigenvalue weighted by molar-refractivity contribution is 9.10. The van der Waals surface area contributed by atoms with E-state index >= 15 is 0 Å². The third-order valence-corrected chi connectivity index (χ3v) is 4.91. The highest BCUT2D eigenvalue weighted by Crippen LogP contribution is 2.25. The molecule has 0 fully saturated rings. The van der Waals surface area contributed by atoms with Crippen molar-refractivity contribution in [2.45, 2.75) is 4.90 Å². The zero-order valence-electron chi connectivity index (χ0n) is 12.3. The molecule has 2 heterocycles. The van der Waals surface area contributed by atoms with E-state index < -0.39 is 9.84 Å². The van der Waals surface area contributed by atoms with Crippen LogP contribution in [0.5, 0.6) is 0 Å². The number of sulfone groups is 1. The average molecular weight is 432 g/mol. The molecule has 0 saturated heterocycles. The lowest BCUT2D eigenvalue weighted by Gasteiger charge is -2.08. The van der Waals surface area contributed by atoms with Crippen molar-refractivity contribution in [1.29, 1.82) is 0 Å². The van der Waals surface area contributed by atoms with Crippen LogP contribution in [-0.4, -0.2) is 29.6 Å². The number of anilines is 2. The van der Waals surface area contributed by atoms with E-state index in [1.165, 1.54) is 24.7 Å². The van der Waals surface area contributed by atoms with Crippen molar-refractivity contribution in [2.75, 3.05) is 11.6 Å². The highest BCUT2D eigenvalue weighted by Gasteiger charge is 2.11. The molecule has 0 bridgehead atoms. The molecule has 2 aromatic heterocycles. The van der Waals surface area contributed by atoms with E-state index in [1.807, 2.05) is 0 Å². The zero-order valence-corrected chi connectivity index (χ0v) is 15.5. The van der Waals surface area contributed by atoms with Crippen molar-refractivity contribution in [1.82, 2.24) is 15.0 Å². The minimum atomic E-state index is -3.25. The maximum absolute atomic E-state index is 12.1. The van der Waals surface area contributed by atoms with Gasteiger partial charge in [-0.2, -0.15) is 0 Å². The number of aromatic nitrogens is 3. The normalized spacial score (nSPS) is 11.1. The van der Waals surface area contributed by atoms with Crippen molar-refractivity contribution in [2.24, 2.45) is 0 Å². The van der Waals surface area contributed by atoms with Gasteiger partial charge in [-0.25, -0.2) is 18.4 Å². The topological polar surface area (TPSA) is 105 Å². The Hall–Kier alpha value is -1.97. The summed E-state index contributed by atoms with van der Waals surface area (Å²) in [7, 11) is -3.25. The second kappa shape index (κ2) is 6.88. The second-order valence-corrected chi connectivity index (χ2v) is 7.70. The van der Waals surface area contributed by atoms with Crippen LogP contribution in [0.15, 0.2) is 51.0 Å². The molecule has 0 aliphatic rings. The third-order valence-electron chi connectivity index (χ3n) is 3.18. The maximum atomic E-state index is 12.1. The Labute approximate surface area is 152 Å². The van der Waals surface area contributed by atoms with Gasteiger partial charge in [0.25, 0.3) is 5.56 Å². The van der Waals surface area contributed by atoms with Crippen LogP contribution in [0.2, 0.25) is 0 Å². The molecule has 126 valence electrons. The fourth-order valence-electron chi connectivity index (χ4n) is 2.07. The van der Waals surface area contributed by atoms with E-state index in [4.69, 9.17) is 0 Å². The Balaban J connectivity index is 0.00000208. The molecule has 1 aromatic carbocycles. The fraction of sp³-hybridized carbons (Fsp3) is 0.0714. The summed E-state index contributed by atoms with van der Waals surface area (Å²) < 4.78 is 23.6. The van der Waals surface area contributed by atoms with Gasteiger partial charge in [-0.15, -0.1) is 12.4 Å². The first-order valence-corrected chi connectivity index (χ1v) is 9.14. The number of hydrogen-bond acceptors (Lipinski definition) is 6. The SMILES string of the molecule is CS(=O)(=O)c1ccc(Nc2ncnc3c(Br)c[nH]c(=O)c23)cc1.Cl. The third kappa shape index (κ3) is 3.58. The molecule has 0 radical (unpaired) electrons. The van der Waals surface area contributed by atoms with Crippen LogP contribution in [0, 0.1) is 0 Å². The molecular formula is C14H12BrClN4O3S. The highest BCUT2D eigenvalue weighted by atomic mass is 79.9. The Bertz CT molecular complexity index is 1050. The lowest BCUT2D eigenvalue weighted by atomic mass is 10.2. The summed E-state index contributed by atoms with van der Waals surface area (Å²) in [5.41, 5.74) is 0.773. The van der Waals surface area contributed by atoms with Gasteiger partial charge in [0.1, 0.15) is 17.5 Å². The van der Waals surface area contributed by atoms with Crippen molar-refractivity contribution >= 4 is 60.6 Å². The molecule has 0 unspecified atom stereocenters. The number of benzene rings is 1. The van der Waals surface area contributed by atoms with Gasteiger partial charge in [0.2, 0.25) is 0 Å². The molecular weight excluding hydrogens is 420 g/mol. The number of fused-ring (bicyclic) bond motifs is 1. The van der Waals surface area contributed by atoms with Gasteiger partial charge in [-0.3, -0.25) is 4.79 Å². The number of rotatable bonds is 3. The van der Waals surface area contributed by atoms with Gasteiger partial charge in [-0.05, 0) is 40.2 Å². The number of nitrogens with zero attached hydrogens (tertiary/aromatic N) is 2. The molecule has 0 aliphatic carbocycles. The lowest BCUT2D eigenvalue weighted by molar-refractivity contribution is 0.602. The van der Waals surface area contributed by atoms with Gasteiger partial charge in [0.15, 0.2) is 9.84 Å². The summed E-state index contributed by atoms with van der Waals surface area (Å²) in [4.78, 5) is 23.1. The Kier molecular flexibility index (Phi) is 5.26. The van der Waals surface area contributed by atoms with Crippen LogP contribution in [0.3, 0.4) is 0 Å². The van der Waals surface area contributed by atoms with Crippen molar-refractivity contribution in [3.63, 3.8) is 0 Å². The number of hydrogen-bond donors (Lipinski definition) is 2. The van der Waals surface area contributed by atoms with E-state index in [2.05, 4.69) is 36.2 Å². The number of halogens is 2. The van der Waals surface area contributed by atoms with Crippen LogP contribution in [0.1, 0.15) is 0 Å². The first-order chi connectivity index (χ1) is 10.9. The smallest absolute Gasteiger partial charge is 0.261 e. The summed E-state index contributed by atoms with van der Waals surface area (Å²) in [5.74, 6) is 0.338. The van der Waals surface area contributed by atoms with Crippen LogP contribution in [0.4, 0.5) is 11.5 Å². The minimum absolute atomic E-state index is 0. The van der Waals surface area contributed by atoms with E-state index in [9.17, 15) is 13.2 Å². The Morgan fingerprint density at radius 1 is 1.17 bits per heavy atom. The van der Waals surface area contributed by atoms with Crippen LogP contribution >= 0.6 is 28.3 Å². The predicted molar refractivity (Wildman–Crippen MR) is 97.9 cm³/mol. The molecule has 0 saturated carbocycles. The lowest BCUT2D eigenvalue weighted by Crippen LogP contribution is -2.10. The number of aromatic amines is 1. The zero-order chi connectivity index (χ0) is 16.6. The molecule has 3 aromatic rings. The van der Waals surface area contributed by atoms with E-state index in [0.717, 1.165) is 6.26 Å². The molecule has 3 rings (SSSR count). The minimum Gasteiger partial charge on any atom is -0.339 e. The van der Waals surface area contributed by atoms with E-state index in [0.29, 0.717) is 26.9 Å². The fourth-order valence-corrected chi connectivity index (χ4v) is 3.11. The van der Waals surface area contributed by atoms with Crippen LogP contribution in [0.25, 0.3) is 10.9 Å². The van der Waals surface area contributed by atoms with E-state index in [1.54, 1.807) is 12.1 Å². The molecule has 0 atom stereocenters. The van der Waals surface area contributed by atoms with E-state index in [-0.39, 0.29) is 22.9 Å². The van der Waals surface area contributed by atoms with Gasteiger partial charge in [0, 0.05) is 18.1 Å². The number of nitrogens with one attached hydrogen (secondary N) is 2. The maximum Gasteiger partial charge on any atom is 0.261 e. The van der Waals surface area contributed by atoms with Gasteiger partial charge < -0.3 is 10.3 Å². The first kappa shape index (κ1) is 18.4. The van der Waals surface area contributed by atoms with Crippen molar-refractivity contribution < 1.29 is 8.42 Å². The molecule has 24 heavy (non-hydrogen) atoms. The number of pyridine rings is 1. The molecule has 0 spiro atoms. The quantitative estimate of drug-likeness (QED) is 0.660. The van der Waals surface area contributed by atoms with Gasteiger partial charge in [0.05, 0.1) is 14.9 Å². The predicted octanol–water partition coefficient (Wildman–Crippen LogP) is 2.65. The molecule has 0 amide bonds. The molecule has 2 N–H and O–H groups in total. The summed E-state index contributed by atoms with van der Waals surface area (Å²) >= 11 is 3.33. The molecule has 0 aliphatic heterocycles. The standard InChI is InChI=1S/C14H11BrN4O3S.ClH/c1-23(21,22)9-4-2-8(3-5-9)19-13-11-12(17-7-18-13)10(15)6-16-14(11)20;/h2-7H,1H3,(H,16,20)(H,17,18,19);1H.